The van der Waals surface area contributed by atoms with Crippen molar-refractivity contribution < 1.29 is 22.7 Å². The van der Waals surface area contributed by atoms with Crippen LogP contribution in [-0.4, -0.2) is 67.4 Å². The Morgan fingerprint density at radius 1 is 1.07 bits per heavy atom. The van der Waals surface area contributed by atoms with Crippen molar-refractivity contribution in [3.05, 3.63) is 29.8 Å². The number of rotatable bonds is 7. The van der Waals surface area contributed by atoms with Gasteiger partial charge in [0.15, 0.2) is 0 Å². The zero-order valence-corrected chi connectivity index (χ0v) is 17.6. The summed E-state index contributed by atoms with van der Waals surface area (Å²) < 4.78 is 40.5. The Bertz CT molecular complexity index is 665. The second kappa shape index (κ2) is 10.5. The molecule has 30 heavy (non-hydrogen) atoms. The Morgan fingerprint density at radius 2 is 1.70 bits per heavy atom. The van der Waals surface area contributed by atoms with Gasteiger partial charge in [0.05, 0.1) is 0 Å². The normalized spacial score (nSPS) is 20.3. The molecule has 1 aromatic carbocycles. The van der Waals surface area contributed by atoms with Gasteiger partial charge in [-0.05, 0) is 82.5 Å². The molecule has 1 aromatic rings. The maximum atomic E-state index is 12.5. The maximum absolute atomic E-state index is 12.5. The van der Waals surface area contributed by atoms with Crippen LogP contribution in [0.3, 0.4) is 0 Å². The zero-order chi connectivity index (χ0) is 21.6. The highest BCUT2D eigenvalue weighted by molar-refractivity contribution is 5.78. The number of halogens is 3. The number of hydrogen-bond acceptors (Lipinski definition) is 4. The first kappa shape index (κ1) is 22.9. The van der Waals surface area contributed by atoms with E-state index >= 15 is 0 Å². The number of piperidine rings is 2. The van der Waals surface area contributed by atoms with Crippen LogP contribution >= 0.6 is 0 Å². The second-order valence-corrected chi connectivity index (χ2v) is 8.21. The number of nitrogens with one attached hydrogen (secondary N) is 1. The minimum absolute atomic E-state index is 0.0551. The van der Waals surface area contributed by atoms with E-state index < -0.39 is 6.36 Å². The fourth-order valence-electron chi connectivity index (χ4n) is 4.46. The van der Waals surface area contributed by atoms with Crippen LogP contribution in [0, 0.1) is 5.92 Å². The third kappa shape index (κ3) is 6.87. The van der Waals surface area contributed by atoms with Gasteiger partial charge in [-0.1, -0.05) is 19.1 Å². The van der Waals surface area contributed by atoms with E-state index in [1.807, 2.05) is 0 Å². The first-order chi connectivity index (χ1) is 14.3. The lowest BCUT2D eigenvalue weighted by Gasteiger charge is -2.41. The number of benzene rings is 1. The third-order valence-electron chi connectivity index (χ3n) is 6.29. The predicted octanol–water partition coefficient (Wildman–Crippen LogP) is 3.44. The molecule has 3 rings (SSSR count). The van der Waals surface area contributed by atoms with Crippen LogP contribution in [0.2, 0.25) is 0 Å². The fourth-order valence-corrected chi connectivity index (χ4v) is 4.46. The van der Waals surface area contributed by atoms with Crippen molar-refractivity contribution in [3.8, 4) is 5.75 Å². The Hall–Kier alpha value is -1.80. The minimum atomic E-state index is -4.68. The highest BCUT2D eigenvalue weighted by Gasteiger charge is 2.31. The molecule has 2 aliphatic rings. The van der Waals surface area contributed by atoms with Gasteiger partial charge >= 0.3 is 6.36 Å². The molecule has 0 atom stereocenters. The highest BCUT2D eigenvalue weighted by atomic mass is 19.4. The fraction of sp³-hybridized carbons (Fsp3) is 0.682. The number of amides is 1. The summed E-state index contributed by atoms with van der Waals surface area (Å²) in [5, 5.41) is 2.99. The molecule has 0 aliphatic carbocycles. The van der Waals surface area contributed by atoms with E-state index in [1.165, 1.54) is 38.1 Å². The largest absolute Gasteiger partial charge is 0.573 e. The van der Waals surface area contributed by atoms with Crippen LogP contribution in [0.4, 0.5) is 13.2 Å². The predicted molar refractivity (Wildman–Crippen MR) is 109 cm³/mol. The van der Waals surface area contributed by atoms with Gasteiger partial charge in [-0.15, -0.1) is 13.2 Å². The summed E-state index contributed by atoms with van der Waals surface area (Å²) in [4.78, 5) is 17.5. The molecule has 2 fully saturated rings. The van der Waals surface area contributed by atoms with Crippen molar-refractivity contribution in [2.45, 2.75) is 51.4 Å². The van der Waals surface area contributed by atoms with Gasteiger partial charge in [-0.3, -0.25) is 4.79 Å². The van der Waals surface area contributed by atoms with Crippen LogP contribution in [0.5, 0.6) is 5.75 Å². The number of hydrogen-bond donors (Lipinski definition) is 1. The summed E-state index contributed by atoms with van der Waals surface area (Å²) in [6.07, 6.45) is 0.117. The molecular formula is C22H32F3N3O2. The molecule has 0 spiro atoms. The van der Waals surface area contributed by atoms with Crippen molar-refractivity contribution in [3.63, 3.8) is 0 Å². The monoisotopic (exact) mass is 427 g/mol. The quantitative estimate of drug-likeness (QED) is 0.724. The van der Waals surface area contributed by atoms with E-state index in [0.29, 0.717) is 19.0 Å². The number of nitrogens with zero attached hydrogens (tertiary/aromatic N) is 2. The summed E-state index contributed by atoms with van der Waals surface area (Å²) in [5.41, 5.74) is 0.859. The van der Waals surface area contributed by atoms with E-state index in [9.17, 15) is 18.0 Å². The number of alkyl halides is 3. The first-order valence-corrected chi connectivity index (χ1v) is 10.9. The number of ether oxygens (including phenoxy) is 1. The van der Waals surface area contributed by atoms with Crippen molar-refractivity contribution in [2.75, 3.05) is 39.3 Å². The SMILES string of the molecule is CCN1CCC(N2CCC(C(=O)NCCc3ccc(OC(F)(F)F)cc3)CC2)CC1. The van der Waals surface area contributed by atoms with Crippen LogP contribution < -0.4 is 10.1 Å². The summed E-state index contributed by atoms with van der Waals surface area (Å²) in [6, 6.07) is 6.43. The summed E-state index contributed by atoms with van der Waals surface area (Å²) >= 11 is 0. The Kier molecular flexibility index (Phi) is 7.99. The smallest absolute Gasteiger partial charge is 0.406 e. The topological polar surface area (TPSA) is 44.8 Å². The molecule has 5 nitrogen and oxygen atoms in total. The molecule has 2 heterocycles. The Labute approximate surface area is 176 Å². The molecule has 2 saturated heterocycles. The third-order valence-corrected chi connectivity index (χ3v) is 6.29. The van der Waals surface area contributed by atoms with Crippen LogP contribution in [-0.2, 0) is 11.2 Å². The van der Waals surface area contributed by atoms with Gasteiger partial charge in [0.2, 0.25) is 5.91 Å². The summed E-state index contributed by atoms with van der Waals surface area (Å²) in [7, 11) is 0. The number of carbonyl (C=O) groups excluding carboxylic acids is 1. The van der Waals surface area contributed by atoms with Crippen molar-refractivity contribution in [2.24, 2.45) is 5.92 Å². The molecule has 1 amide bonds. The summed E-state index contributed by atoms with van der Waals surface area (Å²) in [6.45, 7) is 8.12. The van der Waals surface area contributed by atoms with E-state index in [4.69, 9.17) is 0 Å². The average molecular weight is 428 g/mol. The van der Waals surface area contributed by atoms with E-state index in [-0.39, 0.29) is 17.6 Å². The lowest BCUT2D eigenvalue weighted by molar-refractivity contribution is -0.274. The van der Waals surface area contributed by atoms with Gasteiger partial charge in [-0.2, -0.15) is 0 Å². The molecule has 1 N–H and O–H groups in total. The molecule has 0 saturated carbocycles. The van der Waals surface area contributed by atoms with Crippen molar-refractivity contribution >= 4 is 5.91 Å². The van der Waals surface area contributed by atoms with Gasteiger partial charge in [0, 0.05) is 18.5 Å². The van der Waals surface area contributed by atoms with E-state index in [2.05, 4.69) is 26.8 Å². The van der Waals surface area contributed by atoms with E-state index in [1.54, 1.807) is 12.1 Å². The average Bonchev–Trinajstić information content (AvgIpc) is 2.74. The van der Waals surface area contributed by atoms with Gasteiger partial charge < -0.3 is 19.9 Å². The second-order valence-electron chi connectivity index (χ2n) is 8.21. The minimum Gasteiger partial charge on any atom is -0.406 e. The first-order valence-electron chi connectivity index (χ1n) is 10.9. The molecule has 168 valence electrons. The summed E-state index contributed by atoms with van der Waals surface area (Å²) in [5.74, 6) is -0.0885. The van der Waals surface area contributed by atoms with Crippen molar-refractivity contribution in [1.29, 1.82) is 0 Å². The van der Waals surface area contributed by atoms with Crippen LogP contribution in [0.25, 0.3) is 0 Å². The molecule has 0 radical (unpaired) electrons. The van der Waals surface area contributed by atoms with Gasteiger partial charge in [0.25, 0.3) is 0 Å². The Morgan fingerprint density at radius 3 is 2.27 bits per heavy atom. The Balaban J connectivity index is 1.34. The lowest BCUT2D eigenvalue weighted by atomic mass is 9.92. The van der Waals surface area contributed by atoms with Gasteiger partial charge in [-0.25, -0.2) is 0 Å². The molecular weight excluding hydrogens is 395 g/mol. The molecule has 2 aliphatic heterocycles. The highest BCUT2D eigenvalue weighted by Crippen LogP contribution is 2.25. The van der Waals surface area contributed by atoms with Crippen LogP contribution in [0.15, 0.2) is 24.3 Å². The molecule has 0 bridgehead atoms. The molecule has 8 heteroatoms. The standard InChI is InChI=1S/C22H32F3N3O2/c1-2-27-13-10-19(11-14-27)28-15-8-18(9-16-28)21(29)26-12-7-17-3-5-20(6-4-17)30-22(23,24)25/h3-6,18-19H,2,7-16H2,1H3,(H,26,29). The molecule has 0 aromatic heterocycles. The zero-order valence-electron chi connectivity index (χ0n) is 17.6. The van der Waals surface area contributed by atoms with E-state index in [0.717, 1.165) is 38.0 Å². The molecule has 0 unspecified atom stereocenters. The number of carbonyl (C=O) groups is 1. The number of likely N-dealkylation sites (tertiary alicyclic amines) is 2. The lowest BCUT2D eigenvalue weighted by Crippen LogP contribution is -2.49. The van der Waals surface area contributed by atoms with Crippen LogP contribution in [0.1, 0.15) is 38.2 Å². The van der Waals surface area contributed by atoms with Gasteiger partial charge in [0.1, 0.15) is 5.75 Å². The van der Waals surface area contributed by atoms with Crippen molar-refractivity contribution in [1.82, 2.24) is 15.1 Å². The maximum Gasteiger partial charge on any atom is 0.573 e.